The van der Waals surface area contributed by atoms with Crippen LogP contribution in [0.25, 0.3) is 16.6 Å². The van der Waals surface area contributed by atoms with Gasteiger partial charge in [-0.15, -0.1) is 0 Å². The summed E-state index contributed by atoms with van der Waals surface area (Å²) < 4.78 is 40.2. The van der Waals surface area contributed by atoms with Gasteiger partial charge in [-0.25, -0.2) is 15.1 Å². The van der Waals surface area contributed by atoms with Gasteiger partial charge in [-0.2, -0.15) is 23.4 Å². The number of hydrogen-bond donors (Lipinski definition) is 1. The number of fused-ring (bicyclic) bond motifs is 1. The number of benzene rings is 2. The highest BCUT2D eigenvalue weighted by atomic mass is 35.5. The second-order valence-electron chi connectivity index (χ2n) is 6.84. The van der Waals surface area contributed by atoms with Gasteiger partial charge in [0.15, 0.2) is 0 Å². The van der Waals surface area contributed by atoms with Crippen molar-refractivity contribution < 1.29 is 18.0 Å². The Labute approximate surface area is 185 Å². The molecule has 0 atom stereocenters. The molecule has 0 saturated heterocycles. The van der Waals surface area contributed by atoms with Crippen LogP contribution in [0.3, 0.4) is 0 Å². The summed E-state index contributed by atoms with van der Waals surface area (Å²) in [6.45, 7) is 1.63. The second-order valence-corrected chi connectivity index (χ2v) is 7.20. The summed E-state index contributed by atoms with van der Waals surface area (Å²) in [6.07, 6.45) is -3.20. The van der Waals surface area contributed by atoms with Crippen LogP contribution in [0.4, 0.5) is 13.2 Å². The Bertz CT molecular complexity index is 1350. The number of aromatic nitrogens is 3. The maximum absolute atomic E-state index is 13.0. The zero-order valence-electron chi connectivity index (χ0n) is 16.6. The standard InChI is InChI=1S/C22H15ClF3N5O/c1-13-17(20(23)31(30-13)16-7-4-6-15(11-16)22(24,25)26)12-27-29-21(32)19-10-9-14-5-2-3-8-18(14)28-19/h2-12H,1H3,(H,29,32). The van der Waals surface area contributed by atoms with E-state index in [1.54, 1.807) is 25.1 Å². The number of para-hydroxylation sites is 1. The van der Waals surface area contributed by atoms with Crippen molar-refractivity contribution in [2.45, 2.75) is 13.1 Å². The fourth-order valence-corrected chi connectivity index (χ4v) is 3.37. The van der Waals surface area contributed by atoms with Crippen LogP contribution in [0.15, 0.2) is 65.8 Å². The van der Waals surface area contributed by atoms with E-state index in [9.17, 15) is 18.0 Å². The van der Waals surface area contributed by atoms with E-state index < -0.39 is 17.6 Å². The lowest BCUT2D eigenvalue weighted by atomic mass is 10.2. The number of rotatable bonds is 4. The highest BCUT2D eigenvalue weighted by molar-refractivity contribution is 6.32. The fraction of sp³-hybridized carbons (Fsp3) is 0.0909. The van der Waals surface area contributed by atoms with Gasteiger partial charge in [0, 0.05) is 5.39 Å². The Hall–Kier alpha value is -3.72. The molecule has 4 rings (SSSR count). The van der Waals surface area contributed by atoms with Crippen molar-refractivity contribution >= 4 is 34.6 Å². The van der Waals surface area contributed by atoms with Crippen LogP contribution in [0.1, 0.15) is 27.3 Å². The minimum Gasteiger partial charge on any atom is -0.266 e. The van der Waals surface area contributed by atoms with Gasteiger partial charge in [0.2, 0.25) is 0 Å². The predicted molar refractivity (Wildman–Crippen MR) is 115 cm³/mol. The number of nitrogens with zero attached hydrogens (tertiary/aromatic N) is 4. The lowest BCUT2D eigenvalue weighted by Gasteiger charge is -2.09. The summed E-state index contributed by atoms with van der Waals surface area (Å²) in [7, 11) is 0. The number of aryl methyl sites for hydroxylation is 1. The number of halogens is 4. The molecule has 0 fully saturated rings. The summed E-state index contributed by atoms with van der Waals surface area (Å²) in [6, 6.07) is 15.4. The number of pyridine rings is 1. The highest BCUT2D eigenvalue weighted by Crippen LogP contribution is 2.31. The van der Waals surface area contributed by atoms with Crippen LogP contribution >= 0.6 is 11.6 Å². The minimum atomic E-state index is -4.49. The molecule has 0 aliphatic heterocycles. The van der Waals surface area contributed by atoms with Crippen molar-refractivity contribution in [2.24, 2.45) is 5.10 Å². The van der Waals surface area contributed by atoms with E-state index in [2.05, 4.69) is 20.6 Å². The molecule has 0 saturated carbocycles. The van der Waals surface area contributed by atoms with Gasteiger partial charge in [0.05, 0.1) is 34.2 Å². The molecule has 0 aliphatic carbocycles. The highest BCUT2D eigenvalue weighted by Gasteiger charge is 2.30. The van der Waals surface area contributed by atoms with E-state index in [1.165, 1.54) is 23.0 Å². The Morgan fingerprint density at radius 1 is 1.12 bits per heavy atom. The lowest BCUT2D eigenvalue weighted by Crippen LogP contribution is -2.19. The molecular formula is C22H15ClF3N5O. The number of alkyl halides is 3. The first-order valence-electron chi connectivity index (χ1n) is 9.36. The smallest absolute Gasteiger partial charge is 0.266 e. The number of carbonyl (C=O) groups is 1. The number of hydrogen-bond acceptors (Lipinski definition) is 4. The molecule has 0 radical (unpaired) electrons. The third kappa shape index (κ3) is 4.33. The quantitative estimate of drug-likeness (QED) is 0.339. The zero-order chi connectivity index (χ0) is 22.9. The molecule has 2 aromatic carbocycles. The molecule has 0 spiro atoms. The molecule has 162 valence electrons. The largest absolute Gasteiger partial charge is 0.416 e. The molecule has 32 heavy (non-hydrogen) atoms. The van der Waals surface area contributed by atoms with Crippen LogP contribution in [-0.4, -0.2) is 26.9 Å². The molecular weight excluding hydrogens is 443 g/mol. The Morgan fingerprint density at radius 2 is 1.91 bits per heavy atom. The van der Waals surface area contributed by atoms with Gasteiger partial charge in [0.25, 0.3) is 5.91 Å². The average Bonchev–Trinajstić information content (AvgIpc) is 3.06. The Morgan fingerprint density at radius 3 is 2.69 bits per heavy atom. The Kier molecular flexibility index (Phi) is 5.67. The van der Waals surface area contributed by atoms with E-state index in [-0.39, 0.29) is 16.5 Å². The van der Waals surface area contributed by atoms with E-state index in [1.807, 2.05) is 18.2 Å². The topological polar surface area (TPSA) is 72.2 Å². The predicted octanol–water partition coefficient (Wildman–Crippen LogP) is 5.17. The third-order valence-electron chi connectivity index (χ3n) is 4.66. The summed E-state index contributed by atoms with van der Waals surface area (Å²) >= 11 is 6.33. The van der Waals surface area contributed by atoms with Crippen LogP contribution < -0.4 is 5.43 Å². The molecule has 6 nitrogen and oxygen atoms in total. The Balaban J connectivity index is 1.55. The van der Waals surface area contributed by atoms with Crippen molar-refractivity contribution in [1.82, 2.24) is 20.2 Å². The van der Waals surface area contributed by atoms with Gasteiger partial charge in [-0.1, -0.05) is 41.9 Å². The molecule has 0 unspecified atom stereocenters. The normalized spacial score (nSPS) is 11.9. The summed E-state index contributed by atoms with van der Waals surface area (Å²) in [5.41, 5.74) is 3.34. The van der Waals surface area contributed by atoms with Crippen molar-refractivity contribution in [3.63, 3.8) is 0 Å². The van der Waals surface area contributed by atoms with Crippen LogP contribution in [0.2, 0.25) is 5.15 Å². The summed E-state index contributed by atoms with van der Waals surface area (Å²) in [4.78, 5) is 16.6. The molecule has 0 aliphatic rings. The summed E-state index contributed by atoms with van der Waals surface area (Å²) in [5, 5.41) is 9.05. The molecule has 1 N–H and O–H groups in total. The van der Waals surface area contributed by atoms with E-state index in [4.69, 9.17) is 11.6 Å². The van der Waals surface area contributed by atoms with Gasteiger partial charge < -0.3 is 0 Å². The summed E-state index contributed by atoms with van der Waals surface area (Å²) in [5.74, 6) is -0.522. The maximum atomic E-state index is 13.0. The lowest BCUT2D eigenvalue weighted by molar-refractivity contribution is -0.137. The van der Waals surface area contributed by atoms with Gasteiger partial charge in [-0.05, 0) is 37.3 Å². The van der Waals surface area contributed by atoms with Crippen molar-refractivity contribution in [3.05, 3.63) is 88.3 Å². The molecule has 1 amide bonds. The maximum Gasteiger partial charge on any atom is 0.416 e. The monoisotopic (exact) mass is 457 g/mol. The van der Waals surface area contributed by atoms with Crippen molar-refractivity contribution in [1.29, 1.82) is 0 Å². The molecule has 4 aromatic rings. The van der Waals surface area contributed by atoms with Gasteiger partial charge >= 0.3 is 6.18 Å². The van der Waals surface area contributed by atoms with Crippen molar-refractivity contribution in [3.8, 4) is 5.69 Å². The number of hydrazone groups is 1. The van der Waals surface area contributed by atoms with E-state index in [0.717, 1.165) is 17.5 Å². The molecule has 10 heteroatoms. The number of nitrogens with one attached hydrogen (secondary N) is 1. The first kappa shape index (κ1) is 21.5. The fourth-order valence-electron chi connectivity index (χ4n) is 3.05. The van der Waals surface area contributed by atoms with Gasteiger partial charge in [-0.3, -0.25) is 4.79 Å². The van der Waals surface area contributed by atoms with E-state index >= 15 is 0 Å². The van der Waals surface area contributed by atoms with Gasteiger partial charge in [0.1, 0.15) is 10.8 Å². The molecule has 2 aromatic heterocycles. The zero-order valence-corrected chi connectivity index (χ0v) is 17.3. The molecule has 0 bridgehead atoms. The van der Waals surface area contributed by atoms with Crippen LogP contribution in [0, 0.1) is 6.92 Å². The average molecular weight is 458 g/mol. The molecule has 2 heterocycles. The number of amides is 1. The SMILES string of the molecule is Cc1nn(-c2cccc(C(F)(F)F)c2)c(Cl)c1C=NNC(=O)c1ccc2ccccc2n1. The second kappa shape index (κ2) is 8.43. The number of carbonyl (C=O) groups excluding carboxylic acids is 1. The first-order chi connectivity index (χ1) is 15.2. The van der Waals surface area contributed by atoms with Crippen LogP contribution in [-0.2, 0) is 6.18 Å². The minimum absolute atomic E-state index is 0.0589. The third-order valence-corrected chi connectivity index (χ3v) is 5.02. The van der Waals surface area contributed by atoms with Crippen molar-refractivity contribution in [2.75, 3.05) is 0 Å². The van der Waals surface area contributed by atoms with E-state index in [0.29, 0.717) is 16.8 Å². The first-order valence-corrected chi connectivity index (χ1v) is 9.74. The van der Waals surface area contributed by atoms with Crippen LogP contribution in [0.5, 0.6) is 0 Å².